The molecule has 1 aromatic heterocycles. The third-order valence-corrected chi connectivity index (χ3v) is 5.95. The van der Waals surface area contributed by atoms with E-state index in [1.807, 2.05) is 31.2 Å². The number of hydrogen-bond acceptors (Lipinski definition) is 7. The lowest BCUT2D eigenvalue weighted by Crippen LogP contribution is -2.52. The van der Waals surface area contributed by atoms with Crippen LogP contribution in [0.25, 0.3) is 0 Å². The predicted octanol–water partition coefficient (Wildman–Crippen LogP) is 2.31. The van der Waals surface area contributed by atoms with E-state index in [0.29, 0.717) is 62.1 Å². The molecule has 2 N–H and O–H groups in total. The van der Waals surface area contributed by atoms with Crippen molar-refractivity contribution in [2.45, 2.75) is 19.9 Å². The van der Waals surface area contributed by atoms with Crippen molar-refractivity contribution >= 4 is 17.9 Å². The Morgan fingerprint density at radius 3 is 2.43 bits per heavy atom. The van der Waals surface area contributed by atoms with Crippen molar-refractivity contribution in [3.05, 3.63) is 65.3 Å². The zero-order valence-corrected chi connectivity index (χ0v) is 19.9. The average Bonchev–Trinajstić information content (AvgIpc) is 3.40. The summed E-state index contributed by atoms with van der Waals surface area (Å²) in [5.41, 5.74) is 1.61. The molecule has 10 nitrogen and oxygen atoms in total. The molecule has 2 aromatic rings. The van der Waals surface area contributed by atoms with E-state index in [9.17, 15) is 14.4 Å². The molecule has 0 aliphatic carbocycles. The van der Waals surface area contributed by atoms with Crippen molar-refractivity contribution in [3.8, 4) is 5.75 Å². The summed E-state index contributed by atoms with van der Waals surface area (Å²) >= 11 is 0. The van der Waals surface area contributed by atoms with Crippen LogP contribution in [0.4, 0.5) is 4.79 Å². The Bertz CT molecular complexity index is 1070. The number of nitrogens with one attached hydrogen (secondary N) is 2. The van der Waals surface area contributed by atoms with E-state index in [1.165, 1.54) is 6.26 Å². The molecule has 1 unspecified atom stereocenters. The molecule has 186 valence electrons. The third kappa shape index (κ3) is 5.65. The van der Waals surface area contributed by atoms with Crippen LogP contribution in [0.3, 0.4) is 0 Å². The van der Waals surface area contributed by atoms with Crippen molar-refractivity contribution in [1.82, 2.24) is 20.4 Å². The molecular formula is C25H30N4O6. The van der Waals surface area contributed by atoms with Gasteiger partial charge in [-0.15, -0.1) is 0 Å². The molecular weight excluding hydrogens is 452 g/mol. The van der Waals surface area contributed by atoms with Gasteiger partial charge in [-0.3, -0.25) is 9.69 Å². The van der Waals surface area contributed by atoms with Crippen molar-refractivity contribution in [2.75, 3.05) is 45.9 Å². The maximum atomic E-state index is 13.0. The molecule has 1 aromatic carbocycles. The molecule has 0 spiro atoms. The second kappa shape index (κ2) is 11.1. The first-order valence-electron chi connectivity index (χ1n) is 11.8. The number of nitrogens with zero attached hydrogens (tertiary/aromatic N) is 2. The summed E-state index contributed by atoms with van der Waals surface area (Å²) in [7, 11) is 0. The Hall–Kier alpha value is -3.79. The zero-order chi connectivity index (χ0) is 24.8. The van der Waals surface area contributed by atoms with Gasteiger partial charge in [-0.2, -0.15) is 0 Å². The lowest BCUT2D eigenvalue weighted by atomic mass is 9.94. The second-order valence-corrected chi connectivity index (χ2v) is 8.19. The van der Waals surface area contributed by atoms with Gasteiger partial charge < -0.3 is 29.4 Å². The SMILES string of the molecule is CCOC(=O)C1=C(CN2CCN(C(=O)c3ccco3)CC2)NC(=O)NC1c1ccc(OCC)cc1. The Balaban J connectivity index is 1.53. The minimum atomic E-state index is -0.657. The van der Waals surface area contributed by atoms with E-state index in [4.69, 9.17) is 13.9 Å². The van der Waals surface area contributed by atoms with Crippen molar-refractivity contribution < 1.29 is 28.3 Å². The largest absolute Gasteiger partial charge is 0.494 e. The standard InChI is InChI=1S/C25H30N4O6/c1-3-33-18-9-7-17(8-10-18)22-21(24(31)34-4-2)19(26-25(32)27-22)16-28-11-13-29(14-12-28)23(30)20-6-5-15-35-20/h5-10,15,22H,3-4,11-14,16H2,1-2H3,(H2,26,27,32). The van der Waals surface area contributed by atoms with Crippen LogP contribution in [-0.4, -0.2) is 73.6 Å². The highest BCUT2D eigenvalue weighted by molar-refractivity contribution is 5.95. The number of esters is 1. The first-order valence-corrected chi connectivity index (χ1v) is 11.8. The van der Waals surface area contributed by atoms with Crippen LogP contribution < -0.4 is 15.4 Å². The highest BCUT2D eigenvalue weighted by Gasteiger charge is 2.35. The molecule has 0 saturated carbocycles. The number of rotatable bonds is 8. The van der Waals surface area contributed by atoms with E-state index >= 15 is 0 Å². The Morgan fingerprint density at radius 1 is 1.06 bits per heavy atom. The van der Waals surface area contributed by atoms with Gasteiger partial charge in [0.15, 0.2) is 5.76 Å². The molecule has 0 radical (unpaired) electrons. The van der Waals surface area contributed by atoms with Gasteiger partial charge in [0.05, 0.1) is 31.1 Å². The molecule has 35 heavy (non-hydrogen) atoms. The fourth-order valence-corrected chi connectivity index (χ4v) is 4.25. The molecule has 3 heterocycles. The summed E-state index contributed by atoms with van der Waals surface area (Å²) in [6.07, 6.45) is 1.48. The molecule has 3 amide bonds. The Morgan fingerprint density at radius 2 is 1.80 bits per heavy atom. The summed E-state index contributed by atoms with van der Waals surface area (Å²) in [5, 5.41) is 5.65. The second-order valence-electron chi connectivity index (χ2n) is 8.19. The molecule has 4 rings (SSSR count). The molecule has 0 bridgehead atoms. The number of benzene rings is 1. The monoisotopic (exact) mass is 482 g/mol. The number of furan rings is 1. The number of piperazine rings is 1. The normalized spacial score (nSPS) is 18.6. The molecule has 1 atom stereocenters. The van der Waals surface area contributed by atoms with Crippen molar-refractivity contribution in [1.29, 1.82) is 0 Å². The van der Waals surface area contributed by atoms with E-state index in [0.717, 1.165) is 5.56 Å². The first kappa shape index (κ1) is 24.3. The predicted molar refractivity (Wildman–Crippen MR) is 127 cm³/mol. The lowest BCUT2D eigenvalue weighted by Gasteiger charge is -2.36. The number of hydrogen-bond donors (Lipinski definition) is 2. The van der Waals surface area contributed by atoms with E-state index < -0.39 is 18.0 Å². The van der Waals surface area contributed by atoms with Gasteiger partial charge in [0.2, 0.25) is 0 Å². The van der Waals surface area contributed by atoms with Gasteiger partial charge in [-0.1, -0.05) is 12.1 Å². The summed E-state index contributed by atoms with van der Waals surface area (Å²) in [6, 6.07) is 9.57. The Labute approximate surface area is 203 Å². The number of amides is 3. The van der Waals surface area contributed by atoms with Crippen LogP contribution in [0, 0.1) is 0 Å². The summed E-state index contributed by atoms with van der Waals surface area (Å²) < 4.78 is 16.1. The van der Waals surface area contributed by atoms with E-state index in [2.05, 4.69) is 15.5 Å². The number of carbonyl (C=O) groups is 3. The van der Waals surface area contributed by atoms with Crippen LogP contribution in [0.2, 0.25) is 0 Å². The molecule has 2 aliphatic rings. The quantitative estimate of drug-likeness (QED) is 0.555. The van der Waals surface area contributed by atoms with Crippen LogP contribution >= 0.6 is 0 Å². The molecule has 1 saturated heterocycles. The fraction of sp³-hybridized carbons (Fsp3) is 0.400. The van der Waals surface area contributed by atoms with E-state index in [-0.39, 0.29) is 12.5 Å². The van der Waals surface area contributed by atoms with E-state index in [1.54, 1.807) is 24.0 Å². The minimum absolute atomic E-state index is 0.146. The maximum absolute atomic E-state index is 13.0. The van der Waals surface area contributed by atoms with Gasteiger partial charge in [-0.05, 0) is 43.7 Å². The van der Waals surface area contributed by atoms with Gasteiger partial charge in [-0.25, -0.2) is 9.59 Å². The number of urea groups is 1. The van der Waals surface area contributed by atoms with Gasteiger partial charge in [0.1, 0.15) is 5.75 Å². The number of carbonyl (C=O) groups excluding carboxylic acids is 3. The van der Waals surface area contributed by atoms with Crippen LogP contribution in [0.5, 0.6) is 5.75 Å². The molecule has 10 heteroatoms. The topological polar surface area (TPSA) is 113 Å². The van der Waals surface area contributed by atoms with Gasteiger partial charge in [0.25, 0.3) is 5.91 Å². The average molecular weight is 483 g/mol. The third-order valence-electron chi connectivity index (χ3n) is 5.95. The smallest absolute Gasteiger partial charge is 0.338 e. The van der Waals surface area contributed by atoms with Crippen LogP contribution in [0.1, 0.15) is 36.0 Å². The highest BCUT2D eigenvalue weighted by atomic mass is 16.5. The summed E-state index contributed by atoms with van der Waals surface area (Å²) in [6.45, 7) is 6.95. The fourth-order valence-electron chi connectivity index (χ4n) is 4.25. The van der Waals surface area contributed by atoms with Crippen LogP contribution in [-0.2, 0) is 9.53 Å². The minimum Gasteiger partial charge on any atom is -0.494 e. The summed E-state index contributed by atoms with van der Waals surface area (Å²) in [5.74, 6) is 0.391. The Kier molecular flexibility index (Phi) is 7.71. The lowest BCUT2D eigenvalue weighted by molar-refractivity contribution is -0.139. The van der Waals surface area contributed by atoms with Gasteiger partial charge >= 0.3 is 12.0 Å². The number of ether oxygens (including phenoxy) is 2. The molecule has 2 aliphatic heterocycles. The van der Waals surface area contributed by atoms with Crippen molar-refractivity contribution in [3.63, 3.8) is 0 Å². The van der Waals surface area contributed by atoms with Crippen molar-refractivity contribution in [2.24, 2.45) is 0 Å². The molecule has 1 fully saturated rings. The highest BCUT2D eigenvalue weighted by Crippen LogP contribution is 2.29. The van der Waals surface area contributed by atoms with Gasteiger partial charge in [0, 0.05) is 38.4 Å². The van der Waals surface area contributed by atoms with Crippen LogP contribution in [0.15, 0.2) is 58.3 Å². The zero-order valence-electron chi connectivity index (χ0n) is 19.9. The summed E-state index contributed by atoms with van der Waals surface area (Å²) in [4.78, 5) is 41.9. The maximum Gasteiger partial charge on any atom is 0.338 e. The first-order chi connectivity index (χ1) is 17.0.